The van der Waals surface area contributed by atoms with Crippen LogP contribution in [0.15, 0.2) is 53.4 Å². The van der Waals surface area contributed by atoms with Crippen LogP contribution in [0, 0.1) is 17.2 Å². The summed E-state index contributed by atoms with van der Waals surface area (Å²) in [6.07, 6.45) is 3.78. The Morgan fingerprint density at radius 1 is 1.25 bits per heavy atom. The number of alkyl halides is 2. The lowest BCUT2D eigenvalue weighted by atomic mass is 9.72. The molecule has 2 aromatic carbocycles. The van der Waals surface area contributed by atoms with Crippen LogP contribution in [0.25, 0.3) is 11.1 Å². The minimum absolute atomic E-state index is 0.000689. The van der Waals surface area contributed by atoms with Crippen LogP contribution in [0.2, 0.25) is 0 Å². The van der Waals surface area contributed by atoms with Gasteiger partial charge in [0, 0.05) is 10.8 Å². The topological polar surface area (TPSA) is 52.9 Å². The molecule has 1 fully saturated rings. The van der Waals surface area contributed by atoms with Crippen molar-refractivity contribution < 1.29 is 4.79 Å². The van der Waals surface area contributed by atoms with Crippen LogP contribution in [0.5, 0.6) is 0 Å². The molecule has 0 spiro atoms. The van der Waals surface area contributed by atoms with Gasteiger partial charge in [0.1, 0.15) is 10.9 Å². The molecule has 1 saturated carbocycles. The van der Waals surface area contributed by atoms with Gasteiger partial charge < -0.3 is 5.32 Å². The number of rotatable bonds is 5. The second-order valence-electron chi connectivity index (χ2n) is 7.00. The summed E-state index contributed by atoms with van der Waals surface area (Å²) in [6, 6.07) is 18.6. The Balaban J connectivity index is 1.98. The molecule has 28 heavy (non-hydrogen) atoms. The number of benzene rings is 2. The Labute approximate surface area is 180 Å². The van der Waals surface area contributed by atoms with Crippen molar-refractivity contribution in [3.8, 4) is 17.2 Å². The van der Waals surface area contributed by atoms with Crippen LogP contribution in [0.1, 0.15) is 30.7 Å². The molecule has 146 valence electrons. The molecule has 2 aromatic rings. The first-order valence-corrected chi connectivity index (χ1v) is 11.2. The van der Waals surface area contributed by atoms with Crippen molar-refractivity contribution in [3.05, 3.63) is 54.1 Å². The zero-order valence-electron chi connectivity index (χ0n) is 15.6. The predicted octanol–water partition coefficient (Wildman–Crippen LogP) is 5.77. The molecular weight excluding hydrogens is 411 g/mol. The number of amides is 1. The van der Waals surface area contributed by atoms with Crippen molar-refractivity contribution in [1.29, 1.82) is 5.26 Å². The van der Waals surface area contributed by atoms with E-state index in [1.807, 2.05) is 18.2 Å². The van der Waals surface area contributed by atoms with E-state index < -0.39 is 4.33 Å². The van der Waals surface area contributed by atoms with Gasteiger partial charge in [-0.15, -0.1) is 35.0 Å². The summed E-state index contributed by atoms with van der Waals surface area (Å²) in [6.45, 7) is -0.0165. The van der Waals surface area contributed by atoms with Gasteiger partial charge in [-0.3, -0.25) is 4.79 Å². The molecule has 0 radical (unpaired) electrons. The minimum atomic E-state index is -0.917. The van der Waals surface area contributed by atoms with Gasteiger partial charge in [0.05, 0.1) is 6.07 Å². The number of thioether (sulfide) groups is 1. The van der Waals surface area contributed by atoms with Gasteiger partial charge in [0.25, 0.3) is 0 Å². The lowest BCUT2D eigenvalue weighted by molar-refractivity contribution is -0.126. The SMILES string of the molecule is CSc1ccc(-c2ccccc2C2CCC(Cl)(Cl)CC2C(=O)NCC#N)cc1. The molecule has 1 amide bonds. The highest BCUT2D eigenvalue weighted by Gasteiger charge is 2.42. The summed E-state index contributed by atoms with van der Waals surface area (Å²) < 4.78 is -0.917. The van der Waals surface area contributed by atoms with E-state index in [-0.39, 0.29) is 24.3 Å². The smallest absolute Gasteiger partial charge is 0.224 e. The summed E-state index contributed by atoms with van der Waals surface area (Å²) in [4.78, 5) is 14.0. The highest BCUT2D eigenvalue weighted by atomic mass is 35.5. The second-order valence-corrected chi connectivity index (χ2v) is 9.52. The average molecular weight is 433 g/mol. The molecule has 0 aliphatic heterocycles. The zero-order valence-corrected chi connectivity index (χ0v) is 17.9. The van der Waals surface area contributed by atoms with Gasteiger partial charge >= 0.3 is 0 Å². The number of carbonyl (C=O) groups is 1. The molecule has 1 aliphatic carbocycles. The van der Waals surface area contributed by atoms with Crippen molar-refractivity contribution in [3.63, 3.8) is 0 Å². The molecule has 6 heteroatoms. The van der Waals surface area contributed by atoms with E-state index in [2.05, 4.69) is 48.0 Å². The highest BCUT2D eigenvalue weighted by Crippen LogP contribution is 2.49. The average Bonchev–Trinajstić information content (AvgIpc) is 2.71. The molecule has 0 bridgehead atoms. The van der Waals surface area contributed by atoms with Gasteiger partial charge in [-0.25, -0.2) is 0 Å². The summed E-state index contributed by atoms with van der Waals surface area (Å²) >= 11 is 14.5. The number of nitrogens with zero attached hydrogens (tertiary/aromatic N) is 1. The second kappa shape index (κ2) is 9.22. The van der Waals surface area contributed by atoms with E-state index in [1.54, 1.807) is 11.8 Å². The predicted molar refractivity (Wildman–Crippen MR) is 117 cm³/mol. The number of carbonyl (C=O) groups excluding carboxylic acids is 1. The van der Waals surface area contributed by atoms with E-state index in [9.17, 15) is 4.79 Å². The van der Waals surface area contributed by atoms with Crippen molar-refractivity contribution in [2.24, 2.45) is 5.92 Å². The first-order valence-electron chi connectivity index (χ1n) is 9.21. The Kier molecular flexibility index (Phi) is 6.93. The fraction of sp³-hybridized carbons (Fsp3) is 0.364. The zero-order chi connectivity index (χ0) is 20.1. The van der Waals surface area contributed by atoms with Crippen LogP contribution in [0.4, 0.5) is 0 Å². The first kappa shape index (κ1) is 21.0. The van der Waals surface area contributed by atoms with E-state index in [1.165, 1.54) is 4.90 Å². The number of halogens is 2. The maximum Gasteiger partial charge on any atom is 0.224 e. The number of hydrogen-bond donors (Lipinski definition) is 1. The van der Waals surface area contributed by atoms with Crippen LogP contribution < -0.4 is 5.32 Å². The van der Waals surface area contributed by atoms with E-state index in [0.29, 0.717) is 12.8 Å². The Bertz CT molecular complexity index is 877. The molecular formula is C22H22Cl2N2OS. The third-order valence-corrected chi connectivity index (χ3v) is 6.70. The first-order chi connectivity index (χ1) is 13.4. The molecule has 1 N–H and O–H groups in total. The maximum atomic E-state index is 12.8. The van der Waals surface area contributed by atoms with Crippen molar-refractivity contribution in [2.75, 3.05) is 12.8 Å². The molecule has 3 nitrogen and oxygen atoms in total. The lowest BCUT2D eigenvalue weighted by Crippen LogP contribution is -2.41. The summed E-state index contributed by atoms with van der Waals surface area (Å²) in [5.41, 5.74) is 3.37. The van der Waals surface area contributed by atoms with Crippen LogP contribution >= 0.6 is 35.0 Å². The quantitative estimate of drug-likeness (QED) is 0.370. The molecule has 0 aromatic heterocycles. The Hall–Kier alpha value is -1.67. The lowest BCUT2D eigenvalue weighted by Gasteiger charge is -2.38. The monoisotopic (exact) mass is 432 g/mol. The van der Waals surface area contributed by atoms with E-state index in [0.717, 1.165) is 23.1 Å². The minimum Gasteiger partial charge on any atom is -0.343 e. The largest absolute Gasteiger partial charge is 0.343 e. The standard InChI is InChI=1S/C22H22Cl2N2OS/c1-28-16-8-6-15(7-9-16)17-4-2-3-5-18(17)19-10-11-22(23,24)14-20(19)21(27)26-13-12-25/h2-9,19-20H,10-11,13-14H2,1H3,(H,26,27). The maximum absolute atomic E-state index is 12.8. The van der Waals surface area contributed by atoms with Crippen LogP contribution in [-0.4, -0.2) is 23.0 Å². The van der Waals surface area contributed by atoms with Gasteiger partial charge in [0.15, 0.2) is 0 Å². The van der Waals surface area contributed by atoms with E-state index in [4.69, 9.17) is 28.5 Å². The molecule has 2 atom stereocenters. The van der Waals surface area contributed by atoms with Crippen molar-refractivity contribution in [2.45, 2.75) is 34.4 Å². The summed E-state index contributed by atoms with van der Waals surface area (Å²) in [5, 5.41) is 11.5. The normalized spacial score (nSPS) is 20.9. The number of nitriles is 1. The summed E-state index contributed by atoms with van der Waals surface area (Å²) in [5.74, 6) is -0.533. The van der Waals surface area contributed by atoms with Gasteiger partial charge in [0.2, 0.25) is 5.91 Å². The number of hydrogen-bond acceptors (Lipinski definition) is 3. The van der Waals surface area contributed by atoms with Crippen molar-refractivity contribution >= 4 is 40.9 Å². The Morgan fingerprint density at radius 3 is 2.64 bits per heavy atom. The van der Waals surface area contributed by atoms with Crippen LogP contribution in [-0.2, 0) is 4.79 Å². The Morgan fingerprint density at radius 2 is 1.96 bits per heavy atom. The van der Waals surface area contributed by atoms with Crippen molar-refractivity contribution in [1.82, 2.24) is 5.32 Å². The highest BCUT2D eigenvalue weighted by molar-refractivity contribution is 7.98. The van der Waals surface area contributed by atoms with E-state index >= 15 is 0 Å². The van der Waals surface area contributed by atoms with Gasteiger partial charge in [-0.2, -0.15) is 5.26 Å². The fourth-order valence-electron chi connectivity index (χ4n) is 3.89. The summed E-state index contributed by atoms with van der Waals surface area (Å²) in [7, 11) is 0. The molecule has 2 unspecified atom stereocenters. The van der Waals surface area contributed by atoms with Gasteiger partial charge in [-0.1, -0.05) is 36.4 Å². The van der Waals surface area contributed by atoms with Crippen LogP contribution in [0.3, 0.4) is 0 Å². The molecule has 0 heterocycles. The molecule has 3 rings (SSSR count). The molecule has 1 aliphatic rings. The third kappa shape index (κ3) is 4.84. The third-order valence-electron chi connectivity index (χ3n) is 5.27. The van der Waals surface area contributed by atoms with Gasteiger partial charge in [-0.05, 0) is 60.3 Å². The molecule has 0 saturated heterocycles. The number of nitrogens with one attached hydrogen (secondary N) is 1. The fourth-order valence-corrected chi connectivity index (χ4v) is 4.85.